The molecular weight excluding hydrogens is 344 g/mol. The van der Waals surface area contributed by atoms with Crippen LogP contribution in [0, 0.1) is 0 Å². The van der Waals surface area contributed by atoms with Crippen molar-refractivity contribution in [2.75, 3.05) is 11.4 Å². The largest absolute Gasteiger partial charge is 0.350 e. The number of carbonyl (C=O) groups excluding carboxylic acids is 1. The summed E-state index contributed by atoms with van der Waals surface area (Å²) in [6, 6.07) is 9.97. The van der Waals surface area contributed by atoms with Gasteiger partial charge in [-0.1, -0.05) is 19.4 Å². The molecule has 7 heteroatoms. The lowest BCUT2D eigenvalue weighted by atomic mass is 10.1. The number of thiophene rings is 1. The maximum Gasteiger partial charge on any atom is 0.273 e. The molecule has 0 unspecified atom stereocenters. The molecule has 0 spiro atoms. The van der Waals surface area contributed by atoms with Crippen LogP contribution in [0.5, 0.6) is 0 Å². The van der Waals surface area contributed by atoms with Crippen molar-refractivity contribution in [2.45, 2.75) is 36.9 Å². The number of hydrogen-bond acceptors (Lipinski definition) is 4. The molecule has 0 saturated carbocycles. The first-order valence-corrected chi connectivity index (χ1v) is 10.1. The molecule has 0 fully saturated rings. The van der Waals surface area contributed by atoms with Gasteiger partial charge < -0.3 is 5.32 Å². The fourth-order valence-corrected chi connectivity index (χ4v) is 4.68. The molecule has 0 aliphatic heterocycles. The number of hydrogen-bond donors (Lipinski definition) is 1. The number of rotatable bonds is 7. The Hall–Kier alpha value is -1.86. The van der Waals surface area contributed by atoms with E-state index in [0.717, 1.165) is 12.8 Å². The highest BCUT2D eigenvalue weighted by Gasteiger charge is 2.22. The molecule has 0 saturated heterocycles. The molecule has 1 atom stereocenters. The van der Waals surface area contributed by atoms with E-state index in [-0.39, 0.29) is 11.9 Å². The number of anilines is 1. The predicted molar refractivity (Wildman–Crippen MR) is 98.2 cm³/mol. The second-order valence-corrected chi connectivity index (χ2v) is 8.76. The Morgan fingerprint density at radius 3 is 2.46 bits per heavy atom. The maximum absolute atomic E-state index is 12.5. The molecule has 2 rings (SSSR count). The van der Waals surface area contributed by atoms with Gasteiger partial charge in [0.15, 0.2) is 0 Å². The van der Waals surface area contributed by atoms with E-state index in [1.54, 1.807) is 41.8 Å². The molecule has 0 bridgehead atoms. The van der Waals surface area contributed by atoms with Crippen LogP contribution in [0.25, 0.3) is 0 Å². The summed E-state index contributed by atoms with van der Waals surface area (Å²) in [5.41, 5.74) is 1.03. The minimum atomic E-state index is -3.56. The van der Waals surface area contributed by atoms with Crippen LogP contribution in [0.4, 0.5) is 5.69 Å². The standard InChI is InChI=1S/C17H22N2O3S2/c1-4-6-13(2)18-17(20)14-8-10-15(11-9-14)19(3)24(21,22)16-7-5-12-23-16/h5,7-13H,4,6H2,1-3H3,(H,18,20)/t13-/m0/s1. The molecule has 5 nitrogen and oxygen atoms in total. The summed E-state index contributed by atoms with van der Waals surface area (Å²) in [6.07, 6.45) is 1.93. The number of sulfonamides is 1. The van der Waals surface area contributed by atoms with E-state index in [4.69, 9.17) is 0 Å². The van der Waals surface area contributed by atoms with Gasteiger partial charge in [-0.05, 0) is 49.1 Å². The van der Waals surface area contributed by atoms with Gasteiger partial charge in [-0.2, -0.15) is 0 Å². The number of nitrogens with one attached hydrogen (secondary N) is 1. The monoisotopic (exact) mass is 366 g/mol. The molecule has 130 valence electrons. The average molecular weight is 367 g/mol. The smallest absolute Gasteiger partial charge is 0.273 e. The summed E-state index contributed by atoms with van der Waals surface area (Å²) in [5.74, 6) is -0.147. The Morgan fingerprint density at radius 1 is 1.25 bits per heavy atom. The Labute approximate surface area is 147 Å². The van der Waals surface area contributed by atoms with Gasteiger partial charge in [0.25, 0.3) is 15.9 Å². The minimum absolute atomic E-state index is 0.115. The quantitative estimate of drug-likeness (QED) is 0.816. The van der Waals surface area contributed by atoms with Crippen molar-refractivity contribution in [3.8, 4) is 0 Å². The third kappa shape index (κ3) is 4.15. The van der Waals surface area contributed by atoms with Crippen molar-refractivity contribution in [1.82, 2.24) is 5.32 Å². The van der Waals surface area contributed by atoms with Crippen LogP contribution >= 0.6 is 11.3 Å². The first-order chi connectivity index (χ1) is 11.4. The first-order valence-electron chi connectivity index (χ1n) is 7.79. The molecule has 0 radical (unpaired) electrons. The number of carbonyl (C=O) groups is 1. The van der Waals surface area contributed by atoms with Crippen molar-refractivity contribution < 1.29 is 13.2 Å². The zero-order valence-electron chi connectivity index (χ0n) is 14.0. The average Bonchev–Trinajstić information content (AvgIpc) is 3.09. The van der Waals surface area contributed by atoms with Crippen LogP contribution in [-0.2, 0) is 10.0 Å². The lowest BCUT2D eigenvalue weighted by Gasteiger charge is -2.19. The van der Waals surface area contributed by atoms with E-state index < -0.39 is 10.0 Å². The Bertz CT molecular complexity index is 769. The van der Waals surface area contributed by atoms with E-state index in [9.17, 15) is 13.2 Å². The Morgan fingerprint density at radius 2 is 1.92 bits per heavy atom. The molecule has 1 aromatic heterocycles. The summed E-state index contributed by atoms with van der Waals surface area (Å²) >= 11 is 1.18. The highest BCUT2D eigenvalue weighted by molar-refractivity contribution is 7.94. The summed E-state index contributed by atoms with van der Waals surface area (Å²) in [7, 11) is -2.05. The van der Waals surface area contributed by atoms with Crippen molar-refractivity contribution in [3.63, 3.8) is 0 Å². The second kappa shape index (κ2) is 7.81. The van der Waals surface area contributed by atoms with Gasteiger partial charge in [0, 0.05) is 18.7 Å². The molecular formula is C17H22N2O3S2. The first kappa shape index (κ1) is 18.5. The maximum atomic E-state index is 12.5. The van der Waals surface area contributed by atoms with Crippen molar-refractivity contribution in [2.24, 2.45) is 0 Å². The van der Waals surface area contributed by atoms with Gasteiger partial charge in [0.05, 0.1) is 5.69 Å². The number of amides is 1. The predicted octanol–water partition coefficient (Wildman–Crippen LogP) is 3.49. The van der Waals surface area contributed by atoms with E-state index in [1.165, 1.54) is 22.7 Å². The highest BCUT2D eigenvalue weighted by atomic mass is 32.2. The highest BCUT2D eigenvalue weighted by Crippen LogP contribution is 2.25. The van der Waals surface area contributed by atoms with Crippen LogP contribution in [0.1, 0.15) is 37.0 Å². The van der Waals surface area contributed by atoms with Gasteiger partial charge in [0.2, 0.25) is 0 Å². The SMILES string of the molecule is CCC[C@H](C)NC(=O)c1ccc(N(C)S(=O)(=O)c2cccs2)cc1. The molecule has 0 aliphatic carbocycles. The van der Waals surface area contributed by atoms with Gasteiger partial charge >= 0.3 is 0 Å². The Kier molecular flexibility index (Phi) is 6.01. The number of nitrogens with zero attached hydrogens (tertiary/aromatic N) is 1. The van der Waals surface area contributed by atoms with Crippen molar-refractivity contribution in [3.05, 3.63) is 47.3 Å². The third-order valence-electron chi connectivity index (χ3n) is 3.70. The molecule has 0 aliphatic rings. The summed E-state index contributed by atoms with van der Waals surface area (Å²) < 4.78 is 26.5. The summed E-state index contributed by atoms with van der Waals surface area (Å²) in [4.78, 5) is 12.2. The topological polar surface area (TPSA) is 66.5 Å². The Balaban J connectivity index is 2.13. The molecule has 1 amide bonds. The van der Waals surface area contributed by atoms with Gasteiger partial charge in [-0.15, -0.1) is 11.3 Å². The van der Waals surface area contributed by atoms with Crippen LogP contribution in [-0.4, -0.2) is 27.4 Å². The lowest BCUT2D eigenvalue weighted by molar-refractivity contribution is 0.0938. The fourth-order valence-electron chi connectivity index (χ4n) is 2.32. The van der Waals surface area contributed by atoms with Crippen LogP contribution in [0.2, 0.25) is 0 Å². The van der Waals surface area contributed by atoms with E-state index in [1.807, 2.05) is 6.92 Å². The van der Waals surface area contributed by atoms with Gasteiger partial charge in [0.1, 0.15) is 4.21 Å². The van der Waals surface area contributed by atoms with E-state index >= 15 is 0 Å². The van der Waals surface area contributed by atoms with Gasteiger partial charge in [-0.3, -0.25) is 9.10 Å². The molecule has 1 heterocycles. The van der Waals surface area contributed by atoms with Crippen molar-refractivity contribution >= 4 is 33.0 Å². The van der Waals surface area contributed by atoms with Crippen LogP contribution < -0.4 is 9.62 Å². The van der Waals surface area contributed by atoms with Crippen molar-refractivity contribution in [1.29, 1.82) is 0 Å². The van der Waals surface area contributed by atoms with Crippen LogP contribution in [0.15, 0.2) is 46.0 Å². The molecule has 1 aromatic carbocycles. The summed E-state index contributed by atoms with van der Waals surface area (Å²) in [5, 5.41) is 4.66. The van der Waals surface area contributed by atoms with E-state index in [0.29, 0.717) is 15.5 Å². The normalized spacial score (nSPS) is 12.6. The zero-order valence-corrected chi connectivity index (χ0v) is 15.7. The molecule has 2 aromatic rings. The zero-order chi connectivity index (χ0) is 17.7. The summed E-state index contributed by atoms with van der Waals surface area (Å²) in [6.45, 7) is 4.04. The molecule has 24 heavy (non-hydrogen) atoms. The second-order valence-electron chi connectivity index (χ2n) is 5.61. The number of benzene rings is 1. The molecule has 1 N–H and O–H groups in total. The lowest BCUT2D eigenvalue weighted by Crippen LogP contribution is -2.32. The third-order valence-corrected chi connectivity index (χ3v) is 6.86. The fraction of sp³-hybridized carbons (Fsp3) is 0.353. The van der Waals surface area contributed by atoms with E-state index in [2.05, 4.69) is 12.2 Å². The van der Waals surface area contributed by atoms with Crippen LogP contribution in [0.3, 0.4) is 0 Å². The minimum Gasteiger partial charge on any atom is -0.350 e. The van der Waals surface area contributed by atoms with Gasteiger partial charge in [-0.25, -0.2) is 8.42 Å².